The van der Waals surface area contributed by atoms with Crippen LogP contribution in [0.4, 0.5) is 0 Å². The number of carboxylic acids is 1. The summed E-state index contributed by atoms with van der Waals surface area (Å²) in [5, 5.41) is 18.2. The van der Waals surface area contributed by atoms with Gasteiger partial charge in [0.2, 0.25) is 0 Å². The molecule has 1 saturated carbocycles. The van der Waals surface area contributed by atoms with Gasteiger partial charge in [0.25, 0.3) is 0 Å². The van der Waals surface area contributed by atoms with Crippen molar-refractivity contribution in [3.63, 3.8) is 0 Å². The highest BCUT2D eigenvalue weighted by Gasteiger charge is 2.43. The van der Waals surface area contributed by atoms with Gasteiger partial charge in [-0.2, -0.15) is 15.0 Å². The maximum atomic E-state index is 11.7. The molecule has 0 radical (unpaired) electrons. The topological polar surface area (TPSA) is 77.2 Å². The maximum absolute atomic E-state index is 11.7. The van der Waals surface area contributed by atoms with Gasteiger partial charge in [0, 0.05) is 25.6 Å². The number of ether oxygens (including phenoxy) is 1. The summed E-state index contributed by atoms with van der Waals surface area (Å²) in [5.74, 6) is -0.363. The molecule has 18 heavy (non-hydrogen) atoms. The van der Waals surface area contributed by atoms with E-state index in [2.05, 4.69) is 10.2 Å². The van der Waals surface area contributed by atoms with E-state index in [1.165, 1.54) is 4.80 Å². The highest BCUT2D eigenvalue weighted by atomic mass is 16.5. The van der Waals surface area contributed by atoms with Crippen LogP contribution in [0.15, 0.2) is 6.20 Å². The van der Waals surface area contributed by atoms with Crippen LogP contribution in [-0.4, -0.2) is 39.3 Å². The Hall–Kier alpha value is -1.43. The highest BCUT2D eigenvalue weighted by molar-refractivity contribution is 5.76. The van der Waals surface area contributed by atoms with Gasteiger partial charge >= 0.3 is 5.97 Å². The zero-order chi connectivity index (χ0) is 12.6. The third-order valence-corrected chi connectivity index (χ3v) is 3.83. The standard InChI is InChI=1S/C12H17N3O3/c16-11(17)12(4-1-6-18-7-5-12)15-13-8-10(14-15)9-2-3-9/h8-9H,1-7H2,(H,16,17). The predicted octanol–water partition coefficient (Wildman–Crippen LogP) is 1.14. The maximum Gasteiger partial charge on any atom is 0.333 e. The summed E-state index contributed by atoms with van der Waals surface area (Å²) in [7, 11) is 0. The Morgan fingerprint density at radius 2 is 2.28 bits per heavy atom. The monoisotopic (exact) mass is 251 g/mol. The molecule has 2 heterocycles. The Morgan fingerprint density at radius 1 is 1.44 bits per heavy atom. The van der Waals surface area contributed by atoms with E-state index in [9.17, 15) is 9.90 Å². The van der Waals surface area contributed by atoms with Crippen LogP contribution >= 0.6 is 0 Å². The third-order valence-electron chi connectivity index (χ3n) is 3.83. The quantitative estimate of drug-likeness (QED) is 0.871. The molecule has 1 aliphatic carbocycles. The van der Waals surface area contributed by atoms with E-state index < -0.39 is 11.5 Å². The molecule has 1 unspecified atom stereocenters. The Morgan fingerprint density at radius 3 is 3.00 bits per heavy atom. The zero-order valence-electron chi connectivity index (χ0n) is 10.2. The lowest BCUT2D eigenvalue weighted by atomic mass is 9.91. The molecule has 1 atom stereocenters. The van der Waals surface area contributed by atoms with Crippen LogP contribution in [0.2, 0.25) is 0 Å². The number of aliphatic carboxylic acids is 1. The fraction of sp³-hybridized carbons (Fsp3) is 0.750. The summed E-state index contributed by atoms with van der Waals surface area (Å²) in [6.45, 7) is 1.07. The summed E-state index contributed by atoms with van der Waals surface area (Å²) in [5.41, 5.74) is -0.0929. The van der Waals surface area contributed by atoms with Crippen LogP contribution in [0.25, 0.3) is 0 Å². The molecule has 3 rings (SSSR count). The van der Waals surface area contributed by atoms with E-state index in [-0.39, 0.29) is 0 Å². The van der Waals surface area contributed by atoms with Crippen LogP contribution < -0.4 is 0 Å². The van der Waals surface area contributed by atoms with Gasteiger partial charge in [-0.3, -0.25) is 0 Å². The molecule has 1 saturated heterocycles. The smallest absolute Gasteiger partial charge is 0.333 e. The van der Waals surface area contributed by atoms with Gasteiger partial charge in [-0.05, 0) is 25.7 Å². The molecule has 1 N–H and O–H groups in total. The lowest BCUT2D eigenvalue weighted by Crippen LogP contribution is -2.44. The van der Waals surface area contributed by atoms with Gasteiger partial charge in [0.05, 0.1) is 11.9 Å². The Balaban J connectivity index is 1.93. The number of hydrogen-bond donors (Lipinski definition) is 1. The lowest BCUT2D eigenvalue weighted by molar-refractivity contribution is -0.150. The molecule has 2 aliphatic rings. The Labute approximate surface area is 105 Å². The molecule has 1 aromatic rings. The summed E-state index contributed by atoms with van der Waals surface area (Å²) in [6.07, 6.45) is 5.69. The zero-order valence-corrected chi connectivity index (χ0v) is 10.2. The van der Waals surface area contributed by atoms with Crippen LogP contribution in [0.3, 0.4) is 0 Å². The molecule has 98 valence electrons. The van der Waals surface area contributed by atoms with Crippen molar-refractivity contribution in [2.45, 2.75) is 43.6 Å². The largest absolute Gasteiger partial charge is 0.479 e. The molecule has 0 aromatic carbocycles. The van der Waals surface area contributed by atoms with Gasteiger partial charge in [-0.25, -0.2) is 4.79 Å². The first-order chi connectivity index (χ1) is 8.72. The number of hydrogen-bond acceptors (Lipinski definition) is 4. The molecule has 0 spiro atoms. The van der Waals surface area contributed by atoms with Crippen LogP contribution in [0.1, 0.15) is 43.7 Å². The third kappa shape index (κ3) is 1.90. The van der Waals surface area contributed by atoms with Crippen molar-refractivity contribution in [1.29, 1.82) is 0 Å². The normalized spacial score (nSPS) is 28.9. The average molecular weight is 251 g/mol. The van der Waals surface area contributed by atoms with Crippen molar-refractivity contribution in [3.8, 4) is 0 Å². The first-order valence-electron chi connectivity index (χ1n) is 6.46. The van der Waals surface area contributed by atoms with Crippen LogP contribution in [-0.2, 0) is 15.1 Å². The average Bonchev–Trinajstić information content (AvgIpc) is 3.13. The van der Waals surface area contributed by atoms with E-state index in [4.69, 9.17) is 4.74 Å². The van der Waals surface area contributed by atoms with E-state index >= 15 is 0 Å². The molecular formula is C12H17N3O3. The van der Waals surface area contributed by atoms with Gasteiger partial charge in [0.1, 0.15) is 0 Å². The first-order valence-corrected chi connectivity index (χ1v) is 6.46. The summed E-state index contributed by atoms with van der Waals surface area (Å²) < 4.78 is 5.36. The minimum atomic E-state index is -1.02. The molecule has 0 bridgehead atoms. The van der Waals surface area contributed by atoms with Crippen LogP contribution in [0, 0.1) is 0 Å². The molecule has 2 fully saturated rings. The second-order valence-corrected chi connectivity index (χ2v) is 5.14. The van der Waals surface area contributed by atoms with Crippen molar-refractivity contribution in [2.24, 2.45) is 0 Å². The number of nitrogens with zero attached hydrogens (tertiary/aromatic N) is 3. The molecular weight excluding hydrogens is 234 g/mol. The summed E-state index contributed by atoms with van der Waals surface area (Å²) >= 11 is 0. The lowest BCUT2D eigenvalue weighted by Gasteiger charge is -2.26. The van der Waals surface area contributed by atoms with Gasteiger partial charge < -0.3 is 9.84 Å². The van der Waals surface area contributed by atoms with E-state index in [1.54, 1.807) is 6.20 Å². The molecule has 0 amide bonds. The Kier molecular flexibility index (Phi) is 2.81. The SMILES string of the molecule is O=C(O)C1(n2ncc(C3CC3)n2)CCCOCC1. The minimum absolute atomic E-state index is 0.432. The molecule has 6 heteroatoms. The number of aromatic nitrogens is 3. The van der Waals surface area contributed by atoms with Crippen molar-refractivity contribution in [1.82, 2.24) is 15.0 Å². The van der Waals surface area contributed by atoms with Gasteiger partial charge in [0.15, 0.2) is 5.54 Å². The van der Waals surface area contributed by atoms with Gasteiger partial charge in [-0.1, -0.05) is 0 Å². The van der Waals surface area contributed by atoms with E-state index in [0.29, 0.717) is 32.0 Å². The van der Waals surface area contributed by atoms with Crippen molar-refractivity contribution < 1.29 is 14.6 Å². The molecule has 6 nitrogen and oxygen atoms in total. The molecule has 1 aliphatic heterocycles. The summed E-state index contributed by atoms with van der Waals surface area (Å²) in [4.78, 5) is 13.1. The fourth-order valence-electron chi connectivity index (χ4n) is 2.48. The van der Waals surface area contributed by atoms with Crippen molar-refractivity contribution >= 4 is 5.97 Å². The fourth-order valence-corrected chi connectivity index (χ4v) is 2.48. The number of carboxylic acid groups (broad SMARTS) is 1. The highest BCUT2D eigenvalue weighted by Crippen LogP contribution is 2.39. The van der Waals surface area contributed by atoms with Crippen molar-refractivity contribution in [3.05, 3.63) is 11.9 Å². The summed E-state index contributed by atoms with van der Waals surface area (Å²) in [6, 6.07) is 0. The first kappa shape index (κ1) is 11.6. The Bertz CT molecular complexity index is 445. The second-order valence-electron chi connectivity index (χ2n) is 5.14. The predicted molar refractivity (Wildman–Crippen MR) is 62.3 cm³/mol. The van der Waals surface area contributed by atoms with E-state index in [0.717, 1.165) is 25.0 Å². The van der Waals surface area contributed by atoms with Gasteiger partial charge in [-0.15, -0.1) is 0 Å². The number of carbonyl (C=O) groups is 1. The number of rotatable bonds is 3. The second kappa shape index (κ2) is 4.35. The van der Waals surface area contributed by atoms with Crippen LogP contribution in [0.5, 0.6) is 0 Å². The van der Waals surface area contributed by atoms with E-state index in [1.807, 2.05) is 0 Å². The minimum Gasteiger partial charge on any atom is -0.479 e. The molecule has 1 aromatic heterocycles. The van der Waals surface area contributed by atoms with Crippen molar-refractivity contribution in [2.75, 3.05) is 13.2 Å².